The van der Waals surface area contributed by atoms with E-state index in [1.54, 1.807) is 0 Å². The molecule has 0 aromatic carbocycles. The molecule has 2 unspecified atom stereocenters. The van der Waals surface area contributed by atoms with Gasteiger partial charge in [-0.3, -0.25) is 0 Å². The molecule has 2 nitrogen and oxygen atoms in total. The van der Waals surface area contributed by atoms with Crippen LogP contribution >= 0.6 is 0 Å². The SMILES string of the molecule is CC1([SiH3])CCCCC1N=O. The van der Waals surface area contributed by atoms with Gasteiger partial charge in [0, 0.05) is 10.2 Å². The summed E-state index contributed by atoms with van der Waals surface area (Å²) in [6, 6.07) is 0.132. The fourth-order valence-electron chi connectivity index (χ4n) is 1.67. The summed E-state index contributed by atoms with van der Waals surface area (Å²) in [5.74, 6) is 0. The molecule has 0 aromatic heterocycles. The van der Waals surface area contributed by atoms with Gasteiger partial charge in [0.1, 0.15) is 0 Å². The van der Waals surface area contributed by atoms with E-state index < -0.39 is 0 Å². The van der Waals surface area contributed by atoms with Crippen molar-refractivity contribution in [3.63, 3.8) is 0 Å². The first-order valence-electron chi connectivity index (χ1n) is 3.99. The van der Waals surface area contributed by atoms with Crippen LogP contribution in [0.15, 0.2) is 5.18 Å². The van der Waals surface area contributed by atoms with E-state index in [-0.39, 0.29) is 6.04 Å². The van der Waals surface area contributed by atoms with Gasteiger partial charge in [0.05, 0.1) is 6.04 Å². The van der Waals surface area contributed by atoms with Crippen LogP contribution in [-0.2, 0) is 0 Å². The van der Waals surface area contributed by atoms with Gasteiger partial charge in [-0.1, -0.05) is 24.9 Å². The highest BCUT2D eigenvalue weighted by molar-refractivity contribution is 6.15. The maximum absolute atomic E-state index is 10.3. The van der Waals surface area contributed by atoms with E-state index in [1.165, 1.54) is 19.3 Å². The van der Waals surface area contributed by atoms with E-state index in [1.807, 2.05) is 0 Å². The second-order valence-corrected chi connectivity index (χ2v) is 6.14. The summed E-state index contributed by atoms with van der Waals surface area (Å²) >= 11 is 0. The lowest BCUT2D eigenvalue weighted by Gasteiger charge is -2.33. The highest BCUT2D eigenvalue weighted by Crippen LogP contribution is 2.40. The number of nitroso groups, excluding NO2 is 1. The summed E-state index contributed by atoms with van der Waals surface area (Å²) in [7, 11) is 1.11. The average molecular weight is 157 g/mol. The average Bonchev–Trinajstić information content (AvgIpc) is 1.87. The third kappa shape index (κ3) is 1.45. The van der Waals surface area contributed by atoms with Gasteiger partial charge < -0.3 is 0 Å². The molecule has 58 valence electrons. The lowest BCUT2D eigenvalue weighted by atomic mass is 9.85. The van der Waals surface area contributed by atoms with Gasteiger partial charge in [0.15, 0.2) is 0 Å². The van der Waals surface area contributed by atoms with Crippen molar-refractivity contribution in [3.8, 4) is 0 Å². The third-order valence-electron chi connectivity index (χ3n) is 2.58. The lowest BCUT2D eigenvalue weighted by molar-refractivity contribution is 0.349. The van der Waals surface area contributed by atoms with Gasteiger partial charge in [0.25, 0.3) is 0 Å². The zero-order valence-electron chi connectivity index (χ0n) is 6.76. The summed E-state index contributed by atoms with van der Waals surface area (Å²) in [6.45, 7) is 2.20. The second kappa shape index (κ2) is 2.82. The minimum Gasteiger partial charge on any atom is -0.151 e. The van der Waals surface area contributed by atoms with Crippen LogP contribution < -0.4 is 0 Å². The first kappa shape index (κ1) is 7.92. The number of nitrogens with zero attached hydrogens (tertiary/aromatic N) is 1. The molecule has 2 atom stereocenters. The Bertz CT molecular complexity index is 136. The van der Waals surface area contributed by atoms with E-state index in [0.717, 1.165) is 16.7 Å². The van der Waals surface area contributed by atoms with Crippen molar-refractivity contribution in [3.05, 3.63) is 4.91 Å². The highest BCUT2D eigenvalue weighted by atomic mass is 28.1. The van der Waals surface area contributed by atoms with E-state index in [0.29, 0.717) is 5.04 Å². The molecule has 10 heavy (non-hydrogen) atoms. The molecule has 0 spiro atoms. The van der Waals surface area contributed by atoms with Crippen LogP contribution in [0.5, 0.6) is 0 Å². The van der Waals surface area contributed by atoms with Crippen molar-refractivity contribution < 1.29 is 0 Å². The maximum atomic E-state index is 10.3. The molecule has 0 N–H and O–H groups in total. The Balaban J connectivity index is 2.59. The molecule has 0 amide bonds. The van der Waals surface area contributed by atoms with Crippen LogP contribution in [0.4, 0.5) is 0 Å². The third-order valence-corrected chi connectivity index (χ3v) is 3.74. The fourth-order valence-corrected chi connectivity index (χ4v) is 2.42. The minimum absolute atomic E-state index is 0.132. The van der Waals surface area contributed by atoms with Crippen molar-refractivity contribution in [1.29, 1.82) is 0 Å². The molecule has 0 aromatic rings. The topological polar surface area (TPSA) is 29.4 Å². The molecule has 1 saturated carbocycles. The maximum Gasteiger partial charge on any atom is 0.0940 e. The van der Waals surface area contributed by atoms with Gasteiger partial charge in [-0.15, -0.1) is 0 Å². The molecule has 0 bridgehead atoms. The van der Waals surface area contributed by atoms with Crippen molar-refractivity contribution in [1.82, 2.24) is 0 Å². The zero-order chi connectivity index (χ0) is 7.61. The lowest BCUT2D eigenvalue weighted by Crippen LogP contribution is -2.27. The molecule has 1 aliphatic carbocycles. The molecule has 0 radical (unpaired) electrons. The molecule has 0 aliphatic heterocycles. The van der Waals surface area contributed by atoms with Crippen molar-refractivity contribution in [2.24, 2.45) is 5.18 Å². The zero-order valence-corrected chi connectivity index (χ0v) is 8.76. The molecule has 0 heterocycles. The standard InChI is InChI=1S/C7H15NOSi/c1-7(10)5-3-2-4-6(7)8-9/h6H,2-5H2,1,10H3. The van der Waals surface area contributed by atoms with Gasteiger partial charge >= 0.3 is 0 Å². The fraction of sp³-hybridized carbons (Fsp3) is 1.00. The first-order chi connectivity index (χ1) is 4.67. The molecule has 1 rings (SSSR count). The molecular formula is C7H15NOSi. The summed E-state index contributed by atoms with van der Waals surface area (Å²) in [5, 5.41) is 3.49. The van der Waals surface area contributed by atoms with Crippen LogP contribution in [0.3, 0.4) is 0 Å². The normalized spacial score (nSPS) is 41.5. The largest absolute Gasteiger partial charge is 0.151 e. The van der Waals surface area contributed by atoms with Gasteiger partial charge in [-0.25, -0.2) is 0 Å². The first-order valence-corrected chi connectivity index (χ1v) is 4.99. The second-order valence-electron chi connectivity index (χ2n) is 3.86. The molecular weight excluding hydrogens is 142 g/mol. The van der Waals surface area contributed by atoms with Gasteiger partial charge in [0.2, 0.25) is 0 Å². The van der Waals surface area contributed by atoms with Crippen LogP contribution in [0.2, 0.25) is 5.04 Å². The Morgan fingerprint density at radius 3 is 2.70 bits per heavy atom. The number of rotatable bonds is 1. The van der Waals surface area contributed by atoms with Crippen LogP contribution in [0, 0.1) is 4.91 Å². The minimum atomic E-state index is 0.132. The Morgan fingerprint density at radius 2 is 2.30 bits per heavy atom. The van der Waals surface area contributed by atoms with Crippen molar-refractivity contribution in [2.75, 3.05) is 0 Å². The number of hydrogen-bond acceptors (Lipinski definition) is 2. The summed E-state index contributed by atoms with van der Waals surface area (Å²) in [5.41, 5.74) is 0. The summed E-state index contributed by atoms with van der Waals surface area (Å²) < 4.78 is 0. The molecule has 0 saturated heterocycles. The predicted molar refractivity (Wildman–Crippen MR) is 46.4 cm³/mol. The van der Waals surface area contributed by atoms with E-state index in [2.05, 4.69) is 12.1 Å². The smallest absolute Gasteiger partial charge is 0.0940 e. The summed E-state index contributed by atoms with van der Waals surface area (Å²) in [4.78, 5) is 10.3. The van der Waals surface area contributed by atoms with E-state index in [4.69, 9.17) is 0 Å². The van der Waals surface area contributed by atoms with Crippen molar-refractivity contribution >= 4 is 10.2 Å². The van der Waals surface area contributed by atoms with E-state index >= 15 is 0 Å². The van der Waals surface area contributed by atoms with Crippen LogP contribution in [0.25, 0.3) is 0 Å². The summed E-state index contributed by atoms with van der Waals surface area (Å²) in [6.07, 6.45) is 4.75. The predicted octanol–water partition coefficient (Wildman–Crippen LogP) is 1.24. The van der Waals surface area contributed by atoms with E-state index in [9.17, 15) is 4.91 Å². The van der Waals surface area contributed by atoms with Crippen molar-refractivity contribution in [2.45, 2.75) is 43.7 Å². The Labute approximate surface area is 64.8 Å². The van der Waals surface area contributed by atoms with Crippen LogP contribution in [0.1, 0.15) is 32.6 Å². The molecule has 3 heteroatoms. The van der Waals surface area contributed by atoms with Crippen LogP contribution in [-0.4, -0.2) is 16.3 Å². The Morgan fingerprint density at radius 1 is 1.60 bits per heavy atom. The molecule has 1 aliphatic rings. The van der Waals surface area contributed by atoms with Gasteiger partial charge in [-0.2, -0.15) is 4.91 Å². The van der Waals surface area contributed by atoms with Gasteiger partial charge in [-0.05, 0) is 17.9 Å². The monoisotopic (exact) mass is 157 g/mol. The quantitative estimate of drug-likeness (QED) is 0.416. The Kier molecular flexibility index (Phi) is 2.23. The Hall–Kier alpha value is -0.183. The molecule has 1 fully saturated rings. The highest BCUT2D eigenvalue weighted by Gasteiger charge is 2.32. The number of hydrogen-bond donors (Lipinski definition) is 0.